The van der Waals surface area contributed by atoms with Crippen molar-refractivity contribution in [1.82, 2.24) is 21.3 Å². The molecule has 260 valence electrons. The van der Waals surface area contributed by atoms with Gasteiger partial charge in [-0.2, -0.15) is 0 Å². The van der Waals surface area contributed by atoms with Crippen LogP contribution in [-0.4, -0.2) is 87.1 Å². The van der Waals surface area contributed by atoms with Crippen LogP contribution in [0.25, 0.3) is 0 Å². The molecule has 0 saturated carbocycles. The molecule has 0 rings (SSSR count). The smallest absolute Gasteiger partial charge is 0.225 e. The van der Waals surface area contributed by atoms with Crippen LogP contribution >= 0.6 is 0 Å². The van der Waals surface area contributed by atoms with Crippen molar-refractivity contribution < 1.29 is 28.6 Å². The lowest BCUT2D eigenvalue weighted by Gasteiger charge is -2.43. The second-order valence-electron chi connectivity index (χ2n) is 16.2. The van der Waals surface area contributed by atoms with E-state index in [9.17, 15) is 14.4 Å². The average molecular weight is 629 g/mol. The molecule has 10 heteroatoms. The second kappa shape index (κ2) is 16.2. The fourth-order valence-corrected chi connectivity index (χ4v) is 6.07. The number of nitrogens with one attached hydrogen (secondary N) is 4. The van der Waals surface area contributed by atoms with Crippen LogP contribution in [0.4, 0.5) is 0 Å². The van der Waals surface area contributed by atoms with E-state index < -0.39 is 38.6 Å². The first-order valence-electron chi connectivity index (χ1n) is 16.1. The summed E-state index contributed by atoms with van der Waals surface area (Å²) in [7, 11) is 3.50. The summed E-state index contributed by atoms with van der Waals surface area (Å²) < 4.78 is 19.7. The van der Waals surface area contributed by atoms with Crippen LogP contribution in [0, 0.1) is 16.2 Å². The number of rotatable bonds is 21. The number of amides is 3. The number of carbonyl (C=O) groups is 3. The molecule has 0 aromatic carbocycles. The minimum absolute atomic E-state index is 0.0137. The summed E-state index contributed by atoms with van der Waals surface area (Å²) in [5.74, 6) is -0.0750. The topological polar surface area (TPSA) is 127 Å². The maximum atomic E-state index is 12.7. The maximum Gasteiger partial charge on any atom is 0.225 e. The van der Waals surface area contributed by atoms with E-state index in [1.165, 1.54) is 0 Å². The van der Waals surface area contributed by atoms with Crippen molar-refractivity contribution in [1.29, 1.82) is 0 Å². The molecule has 44 heavy (non-hydrogen) atoms. The van der Waals surface area contributed by atoms with Gasteiger partial charge in [0.25, 0.3) is 0 Å². The van der Waals surface area contributed by atoms with Crippen LogP contribution in [-0.2, 0) is 28.6 Å². The lowest BCUT2D eigenvalue weighted by atomic mass is 9.80. The Kier molecular flexibility index (Phi) is 15.5. The van der Waals surface area contributed by atoms with Crippen LogP contribution in [0.1, 0.15) is 116 Å². The summed E-state index contributed by atoms with van der Waals surface area (Å²) in [6, 6.07) is 0. The van der Waals surface area contributed by atoms with Gasteiger partial charge in [-0.05, 0) is 81.7 Å². The first kappa shape index (κ1) is 42.2. The number of hydrogen-bond acceptors (Lipinski definition) is 7. The predicted octanol–water partition coefficient (Wildman–Crippen LogP) is 4.60. The van der Waals surface area contributed by atoms with Gasteiger partial charge in [0.05, 0.1) is 42.2 Å². The summed E-state index contributed by atoms with van der Waals surface area (Å²) in [4.78, 5) is 38.0. The minimum Gasteiger partial charge on any atom is -0.373 e. The largest absolute Gasteiger partial charge is 0.373 e. The van der Waals surface area contributed by atoms with Crippen LogP contribution in [0.3, 0.4) is 0 Å². The van der Waals surface area contributed by atoms with Crippen LogP contribution in [0.15, 0.2) is 0 Å². The molecular weight excluding hydrogens is 560 g/mol. The van der Waals surface area contributed by atoms with Crippen molar-refractivity contribution in [2.45, 2.75) is 139 Å². The number of likely N-dealkylation sites (N-methyl/N-ethyl adjacent to an activating group) is 1. The average Bonchev–Trinajstić information content (AvgIpc) is 2.86. The van der Waals surface area contributed by atoms with Gasteiger partial charge in [0, 0.05) is 36.4 Å². The first-order valence-corrected chi connectivity index (χ1v) is 16.1. The summed E-state index contributed by atoms with van der Waals surface area (Å²) in [6.45, 7) is 29.1. The Morgan fingerprint density at radius 1 is 0.500 bits per heavy atom. The van der Waals surface area contributed by atoms with E-state index in [1.807, 2.05) is 104 Å². The normalized spacial score (nSPS) is 13.9. The highest BCUT2D eigenvalue weighted by Gasteiger charge is 2.42. The van der Waals surface area contributed by atoms with Gasteiger partial charge in [-0.15, -0.1) is 0 Å². The summed E-state index contributed by atoms with van der Waals surface area (Å²) >= 11 is 0. The van der Waals surface area contributed by atoms with E-state index in [1.54, 1.807) is 7.05 Å². The van der Waals surface area contributed by atoms with Crippen LogP contribution in [0.5, 0.6) is 0 Å². The Balaban J connectivity index is 6.14. The third-order valence-electron chi connectivity index (χ3n) is 8.10. The summed E-state index contributed by atoms with van der Waals surface area (Å²) in [5.41, 5.74) is -4.57. The van der Waals surface area contributed by atoms with Gasteiger partial charge in [0.2, 0.25) is 17.7 Å². The predicted molar refractivity (Wildman–Crippen MR) is 179 cm³/mol. The summed E-state index contributed by atoms with van der Waals surface area (Å²) in [6.07, 6.45) is 1.51. The molecule has 0 aliphatic rings. The van der Waals surface area contributed by atoms with Gasteiger partial charge >= 0.3 is 0 Å². The van der Waals surface area contributed by atoms with Gasteiger partial charge in [-0.25, -0.2) is 0 Å². The molecule has 0 bridgehead atoms. The molecule has 0 saturated heterocycles. The zero-order valence-corrected chi connectivity index (χ0v) is 31.1. The molecule has 0 unspecified atom stereocenters. The van der Waals surface area contributed by atoms with Gasteiger partial charge in [0.1, 0.15) is 0 Å². The first-order chi connectivity index (χ1) is 19.7. The van der Waals surface area contributed by atoms with Crippen molar-refractivity contribution in [2.75, 3.05) is 47.0 Å². The molecule has 0 aliphatic carbocycles. The van der Waals surface area contributed by atoms with E-state index >= 15 is 0 Å². The SMILES string of the molecule is CCNC(=O)C(C)(C)CC(C)(C)OCC(COC(C)(C)CC(C)(C)C(=O)NC)(COC(C)(C)CC(C)(C)C(=O)NCC)NC. The van der Waals surface area contributed by atoms with Crippen molar-refractivity contribution >= 4 is 17.7 Å². The van der Waals surface area contributed by atoms with E-state index in [2.05, 4.69) is 21.3 Å². The van der Waals surface area contributed by atoms with Gasteiger partial charge in [-0.3, -0.25) is 14.4 Å². The Morgan fingerprint density at radius 3 is 1.00 bits per heavy atom. The van der Waals surface area contributed by atoms with Crippen molar-refractivity contribution in [3.63, 3.8) is 0 Å². The molecule has 0 atom stereocenters. The van der Waals surface area contributed by atoms with Gasteiger partial charge in [-0.1, -0.05) is 41.5 Å². The molecule has 4 N–H and O–H groups in total. The highest BCUT2D eigenvalue weighted by atomic mass is 16.5. The molecule has 0 aromatic rings. The van der Waals surface area contributed by atoms with E-state index in [4.69, 9.17) is 14.2 Å². The van der Waals surface area contributed by atoms with Crippen molar-refractivity contribution in [2.24, 2.45) is 16.2 Å². The Morgan fingerprint density at radius 2 is 0.773 bits per heavy atom. The number of ether oxygens (including phenoxy) is 3. The molecule has 0 aromatic heterocycles. The standard InChI is InChI=1S/C34H68N4O6/c1-17-37-26(40)29(5,6)20-32(11,12)43-23-34(36-16,22-42-31(9,10)19-28(3,4)25(39)35-15)24-44-33(13,14)21-30(7,8)27(41)38-18-2/h36H,17-24H2,1-16H3,(H,35,39)(H,37,40)(H,38,41). The minimum atomic E-state index is -0.769. The molecule has 10 nitrogen and oxygen atoms in total. The Bertz CT molecular complexity index is 892. The molecule has 0 fully saturated rings. The van der Waals surface area contributed by atoms with Gasteiger partial charge < -0.3 is 35.5 Å². The third-order valence-corrected chi connectivity index (χ3v) is 8.10. The number of carbonyl (C=O) groups excluding carboxylic acids is 3. The maximum absolute atomic E-state index is 12.7. The zero-order valence-electron chi connectivity index (χ0n) is 31.1. The van der Waals surface area contributed by atoms with Crippen molar-refractivity contribution in [3.05, 3.63) is 0 Å². The highest BCUT2D eigenvalue weighted by Crippen LogP contribution is 2.35. The molecule has 0 radical (unpaired) electrons. The molecule has 3 amide bonds. The van der Waals surface area contributed by atoms with Crippen LogP contribution in [0.2, 0.25) is 0 Å². The quantitative estimate of drug-likeness (QED) is 0.146. The zero-order chi connectivity index (χ0) is 34.8. The molecule has 0 aliphatic heterocycles. The molecule has 0 heterocycles. The monoisotopic (exact) mass is 629 g/mol. The number of hydrogen-bond donors (Lipinski definition) is 4. The fraction of sp³-hybridized carbons (Fsp3) is 0.912. The Labute approximate surface area is 269 Å². The third kappa shape index (κ3) is 14.1. The fourth-order valence-electron chi connectivity index (χ4n) is 6.07. The van der Waals surface area contributed by atoms with Crippen LogP contribution < -0.4 is 21.3 Å². The summed E-state index contributed by atoms with van der Waals surface area (Å²) in [5, 5.41) is 12.0. The van der Waals surface area contributed by atoms with Gasteiger partial charge in [0.15, 0.2) is 0 Å². The highest BCUT2D eigenvalue weighted by molar-refractivity contribution is 5.82. The van der Waals surface area contributed by atoms with E-state index in [-0.39, 0.29) is 37.5 Å². The van der Waals surface area contributed by atoms with E-state index in [0.717, 1.165) is 0 Å². The lowest BCUT2D eigenvalue weighted by Crippen LogP contribution is -2.59. The molecular formula is C34H68N4O6. The van der Waals surface area contributed by atoms with Crippen molar-refractivity contribution in [3.8, 4) is 0 Å². The molecule has 0 spiro atoms. The second-order valence-corrected chi connectivity index (χ2v) is 16.2. The lowest BCUT2D eigenvalue weighted by molar-refractivity contribution is -0.155. The van der Waals surface area contributed by atoms with E-state index in [0.29, 0.717) is 32.4 Å². The Hall–Kier alpha value is -1.75.